The van der Waals surface area contributed by atoms with Gasteiger partial charge in [0.15, 0.2) is 0 Å². The van der Waals surface area contributed by atoms with Gasteiger partial charge in [-0.15, -0.1) is 0 Å². The third-order valence-electron chi connectivity index (χ3n) is 2.72. The first kappa shape index (κ1) is 12.3. The summed E-state index contributed by atoms with van der Waals surface area (Å²) in [5.74, 6) is 0.572. The molecule has 0 bridgehead atoms. The van der Waals surface area contributed by atoms with Crippen LogP contribution in [0.3, 0.4) is 0 Å². The highest BCUT2D eigenvalue weighted by atomic mass is 19.3. The van der Waals surface area contributed by atoms with Crippen LogP contribution in [0.2, 0.25) is 0 Å². The first-order valence-corrected chi connectivity index (χ1v) is 5.78. The minimum atomic E-state index is -2.30. The van der Waals surface area contributed by atoms with Crippen LogP contribution < -0.4 is 4.74 Å². The van der Waals surface area contributed by atoms with Crippen LogP contribution in [0.15, 0.2) is 12.5 Å². The number of hydrogen-bond acceptors (Lipinski definition) is 3. The van der Waals surface area contributed by atoms with Gasteiger partial charge in [0.2, 0.25) is 5.88 Å². The molecular weight excluding hydrogens is 228 g/mol. The summed E-state index contributed by atoms with van der Waals surface area (Å²) in [7, 11) is 1.65. The fraction of sp³-hybridized carbons (Fsp3) is 0.727. The molecule has 1 aromatic heterocycles. The largest absolute Gasteiger partial charge is 0.475 e. The molecule has 0 aliphatic heterocycles. The molecule has 0 spiro atoms. The van der Waals surface area contributed by atoms with Gasteiger partial charge in [-0.3, -0.25) is 4.90 Å². The van der Waals surface area contributed by atoms with Gasteiger partial charge < -0.3 is 9.30 Å². The van der Waals surface area contributed by atoms with E-state index in [0.717, 1.165) is 0 Å². The second-order valence-electron chi connectivity index (χ2n) is 4.39. The summed E-state index contributed by atoms with van der Waals surface area (Å²) in [6, 6.07) is 0.585. The maximum absolute atomic E-state index is 12.0. The van der Waals surface area contributed by atoms with Crippen LogP contribution in [0.4, 0.5) is 8.78 Å². The van der Waals surface area contributed by atoms with Crippen LogP contribution in [0.5, 0.6) is 5.88 Å². The quantitative estimate of drug-likeness (QED) is 0.733. The second-order valence-corrected chi connectivity index (χ2v) is 4.39. The van der Waals surface area contributed by atoms with Crippen molar-refractivity contribution in [1.82, 2.24) is 14.5 Å². The van der Waals surface area contributed by atoms with Gasteiger partial charge >= 0.3 is 0 Å². The molecular formula is C11H17F2N3O. The summed E-state index contributed by atoms with van der Waals surface area (Å²) in [5, 5.41) is 0. The van der Waals surface area contributed by atoms with Crippen molar-refractivity contribution in [2.75, 3.05) is 26.7 Å². The fourth-order valence-electron chi connectivity index (χ4n) is 1.60. The standard InChI is InChI=1S/C11H17F2N3O/c1-15(6-10(12)13)4-5-17-11-7-16(8-14-11)9-2-3-9/h7-10H,2-6H2,1H3. The van der Waals surface area contributed by atoms with E-state index in [1.54, 1.807) is 18.3 Å². The van der Waals surface area contributed by atoms with Crippen LogP contribution in [-0.4, -0.2) is 47.6 Å². The number of nitrogens with zero attached hydrogens (tertiary/aromatic N) is 3. The molecule has 0 unspecified atom stereocenters. The number of hydrogen-bond donors (Lipinski definition) is 0. The number of ether oxygens (including phenoxy) is 1. The zero-order valence-electron chi connectivity index (χ0n) is 9.85. The number of likely N-dealkylation sites (N-methyl/N-ethyl adjacent to an activating group) is 1. The molecule has 1 fully saturated rings. The molecule has 1 aliphatic rings. The molecule has 17 heavy (non-hydrogen) atoms. The lowest BCUT2D eigenvalue weighted by Crippen LogP contribution is -2.29. The van der Waals surface area contributed by atoms with Gasteiger partial charge in [0.05, 0.1) is 19.1 Å². The number of aromatic nitrogens is 2. The summed E-state index contributed by atoms with van der Waals surface area (Å²) >= 11 is 0. The van der Waals surface area contributed by atoms with Crippen molar-refractivity contribution in [2.24, 2.45) is 0 Å². The summed E-state index contributed by atoms with van der Waals surface area (Å²) in [6.07, 6.45) is 3.73. The van der Waals surface area contributed by atoms with E-state index in [1.165, 1.54) is 12.8 Å². The van der Waals surface area contributed by atoms with Crippen molar-refractivity contribution < 1.29 is 13.5 Å². The van der Waals surface area contributed by atoms with Crippen molar-refractivity contribution in [3.8, 4) is 5.88 Å². The molecule has 96 valence electrons. The van der Waals surface area contributed by atoms with E-state index in [4.69, 9.17) is 4.74 Å². The number of imidazole rings is 1. The van der Waals surface area contributed by atoms with Crippen molar-refractivity contribution in [2.45, 2.75) is 25.3 Å². The Morgan fingerprint density at radius 1 is 1.59 bits per heavy atom. The van der Waals surface area contributed by atoms with Crippen molar-refractivity contribution in [1.29, 1.82) is 0 Å². The highest BCUT2D eigenvalue weighted by Crippen LogP contribution is 2.35. The number of alkyl halides is 2. The van der Waals surface area contributed by atoms with Crippen LogP contribution >= 0.6 is 0 Å². The number of halogens is 2. The molecule has 0 aromatic carbocycles. The van der Waals surface area contributed by atoms with E-state index in [0.29, 0.717) is 25.1 Å². The topological polar surface area (TPSA) is 30.3 Å². The molecule has 4 nitrogen and oxygen atoms in total. The second kappa shape index (κ2) is 5.44. The molecule has 0 atom stereocenters. The minimum absolute atomic E-state index is 0.222. The zero-order chi connectivity index (χ0) is 12.3. The Hall–Kier alpha value is -1.17. The lowest BCUT2D eigenvalue weighted by atomic mass is 10.5. The molecule has 1 saturated carbocycles. The summed E-state index contributed by atoms with van der Waals surface area (Å²) < 4.78 is 31.5. The third-order valence-corrected chi connectivity index (χ3v) is 2.72. The first-order valence-electron chi connectivity index (χ1n) is 5.78. The molecule has 0 amide bonds. The van der Waals surface area contributed by atoms with Gasteiger partial charge in [-0.2, -0.15) is 0 Å². The monoisotopic (exact) mass is 245 g/mol. The zero-order valence-corrected chi connectivity index (χ0v) is 9.85. The Balaban J connectivity index is 1.66. The van der Waals surface area contributed by atoms with E-state index in [1.807, 2.05) is 10.8 Å². The fourth-order valence-corrected chi connectivity index (χ4v) is 1.60. The average molecular weight is 245 g/mol. The van der Waals surface area contributed by atoms with Crippen LogP contribution in [-0.2, 0) is 0 Å². The SMILES string of the molecule is CN(CCOc1cn(C2CC2)cn1)CC(F)F. The smallest absolute Gasteiger partial charge is 0.251 e. The maximum atomic E-state index is 12.0. The van der Waals surface area contributed by atoms with E-state index < -0.39 is 6.43 Å². The van der Waals surface area contributed by atoms with Gasteiger partial charge in [0.1, 0.15) is 6.61 Å². The van der Waals surface area contributed by atoms with E-state index in [2.05, 4.69) is 4.98 Å². The van der Waals surface area contributed by atoms with Crippen LogP contribution in [0, 0.1) is 0 Å². The summed E-state index contributed by atoms with van der Waals surface area (Å²) in [4.78, 5) is 5.65. The Morgan fingerprint density at radius 2 is 2.35 bits per heavy atom. The van der Waals surface area contributed by atoms with E-state index in [9.17, 15) is 8.78 Å². The van der Waals surface area contributed by atoms with Gasteiger partial charge in [0.25, 0.3) is 6.43 Å². The summed E-state index contributed by atoms with van der Waals surface area (Å²) in [5.41, 5.74) is 0. The highest BCUT2D eigenvalue weighted by molar-refractivity contribution is 5.06. The lowest BCUT2D eigenvalue weighted by Gasteiger charge is -2.15. The highest BCUT2D eigenvalue weighted by Gasteiger charge is 2.23. The molecule has 6 heteroatoms. The molecule has 2 rings (SSSR count). The first-order chi connectivity index (χ1) is 8.15. The van der Waals surface area contributed by atoms with Crippen molar-refractivity contribution in [3.63, 3.8) is 0 Å². The lowest BCUT2D eigenvalue weighted by molar-refractivity contribution is 0.0932. The van der Waals surface area contributed by atoms with Gasteiger partial charge in [-0.05, 0) is 19.9 Å². The Bertz CT molecular complexity index is 352. The average Bonchev–Trinajstić information content (AvgIpc) is 2.99. The Kier molecular flexibility index (Phi) is 3.93. The predicted octanol–water partition coefficient (Wildman–Crippen LogP) is 1.79. The Labute approximate surface area is 99.2 Å². The molecule has 1 aromatic rings. The number of rotatable bonds is 7. The van der Waals surface area contributed by atoms with E-state index in [-0.39, 0.29) is 6.54 Å². The molecule has 0 saturated heterocycles. The summed E-state index contributed by atoms with van der Waals surface area (Å²) in [6.45, 7) is 0.630. The molecule has 0 radical (unpaired) electrons. The van der Waals surface area contributed by atoms with E-state index >= 15 is 0 Å². The van der Waals surface area contributed by atoms with Gasteiger partial charge in [-0.1, -0.05) is 0 Å². The third kappa shape index (κ3) is 3.96. The molecule has 1 aliphatic carbocycles. The van der Waals surface area contributed by atoms with Crippen LogP contribution in [0.1, 0.15) is 18.9 Å². The molecule has 1 heterocycles. The van der Waals surface area contributed by atoms with Crippen LogP contribution in [0.25, 0.3) is 0 Å². The minimum Gasteiger partial charge on any atom is -0.475 e. The van der Waals surface area contributed by atoms with Gasteiger partial charge in [-0.25, -0.2) is 13.8 Å². The van der Waals surface area contributed by atoms with Crippen molar-refractivity contribution >= 4 is 0 Å². The normalized spacial score (nSPS) is 15.8. The molecule has 0 N–H and O–H groups in total. The van der Waals surface area contributed by atoms with Gasteiger partial charge in [0, 0.05) is 12.6 Å². The maximum Gasteiger partial charge on any atom is 0.251 e. The Morgan fingerprint density at radius 3 is 3.00 bits per heavy atom. The van der Waals surface area contributed by atoms with Crippen molar-refractivity contribution in [3.05, 3.63) is 12.5 Å². The predicted molar refractivity (Wildman–Crippen MR) is 59.5 cm³/mol.